The van der Waals surface area contributed by atoms with Crippen molar-refractivity contribution >= 4 is 0 Å². The number of hydrogen-bond acceptors (Lipinski definition) is 1. The van der Waals surface area contributed by atoms with E-state index in [0.717, 1.165) is 18.4 Å². The SMILES string of the molecule is C[C@H]1CC[C@@](C)(O)c2ccccc21. The summed E-state index contributed by atoms with van der Waals surface area (Å²) in [5.74, 6) is 0.594. The maximum atomic E-state index is 10.1. The van der Waals surface area contributed by atoms with Crippen molar-refractivity contribution in [1.29, 1.82) is 0 Å². The van der Waals surface area contributed by atoms with Crippen molar-refractivity contribution in [2.24, 2.45) is 0 Å². The minimum Gasteiger partial charge on any atom is -0.385 e. The molecule has 2 atom stereocenters. The van der Waals surface area contributed by atoms with E-state index in [4.69, 9.17) is 0 Å². The first-order chi connectivity index (χ1) is 6.11. The Balaban J connectivity index is 2.55. The van der Waals surface area contributed by atoms with Crippen LogP contribution in [0.2, 0.25) is 0 Å². The fraction of sp³-hybridized carbons (Fsp3) is 0.500. The monoisotopic (exact) mass is 176 g/mol. The molecule has 0 unspecified atom stereocenters. The Morgan fingerprint density at radius 3 is 2.77 bits per heavy atom. The largest absolute Gasteiger partial charge is 0.385 e. The fourth-order valence-corrected chi connectivity index (χ4v) is 2.20. The smallest absolute Gasteiger partial charge is 0.0871 e. The molecule has 1 aliphatic rings. The molecule has 0 bridgehead atoms. The van der Waals surface area contributed by atoms with Crippen LogP contribution in [0.25, 0.3) is 0 Å². The van der Waals surface area contributed by atoms with Crippen LogP contribution in [0.5, 0.6) is 0 Å². The first-order valence-corrected chi connectivity index (χ1v) is 4.93. The molecule has 0 aliphatic heterocycles. The van der Waals surface area contributed by atoms with E-state index < -0.39 is 5.60 Å². The van der Waals surface area contributed by atoms with Gasteiger partial charge in [-0.3, -0.25) is 0 Å². The molecule has 1 aliphatic carbocycles. The molecule has 0 heterocycles. The van der Waals surface area contributed by atoms with Gasteiger partial charge in [-0.2, -0.15) is 0 Å². The molecule has 1 N–H and O–H groups in total. The van der Waals surface area contributed by atoms with Crippen LogP contribution >= 0.6 is 0 Å². The summed E-state index contributed by atoms with van der Waals surface area (Å²) in [7, 11) is 0. The first-order valence-electron chi connectivity index (χ1n) is 4.93. The maximum Gasteiger partial charge on any atom is 0.0871 e. The molecule has 0 saturated heterocycles. The Morgan fingerprint density at radius 2 is 2.08 bits per heavy atom. The van der Waals surface area contributed by atoms with Gasteiger partial charge in [0.2, 0.25) is 0 Å². The summed E-state index contributed by atoms with van der Waals surface area (Å²) < 4.78 is 0. The lowest BCUT2D eigenvalue weighted by atomic mass is 9.75. The molecule has 0 saturated carbocycles. The highest BCUT2D eigenvalue weighted by molar-refractivity contribution is 5.36. The summed E-state index contributed by atoms with van der Waals surface area (Å²) in [6, 6.07) is 8.24. The summed E-state index contributed by atoms with van der Waals surface area (Å²) in [4.78, 5) is 0. The third kappa shape index (κ3) is 1.37. The van der Waals surface area contributed by atoms with Crippen molar-refractivity contribution in [3.63, 3.8) is 0 Å². The van der Waals surface area contributed by atoms with E-state index in [1.54, 1.807) is 0 Å². The number of fused-ring (bicyclic) bond motifs is 1. The van der Waals surface area contributed by atoms with Crippen molar-refractivity contribution in [3.05, 3.63) is 35.4 Å². The van der Waals surface area contributed by atoms with Crippen molar-refractivity contribution < 1.29 is 5.11 Å². The molecule has 2 rings (SSSR count). The van der Waals surface area contributed by atoms with Gasteiger partial charge in [-0.15, -0.1) is 0 Å². The lowest BCUT2D eigenvalue weighted by Crippen LogP contribution is -2.28. The predicted molar refractivity (Wildman–Crippen MR) is 53.7 cm³/mol. The number of hydrogen-bond donors (Lipinski definition) is 1. The zero-order valence-electron chi connectivity index (χ0n) is 8.25. The van der Waals surface area contributed by atoms with Crippen molar-refractivity contribution in [2.75, 3.05) is 0 Å². The Labute approximate surface area is 79.4 Å². The lowest BCUT2D eigenvalue weighted by molar-refractivity contribution is 0.0353. The summed E-state index contributed by atoms with van der Waals surface area (Å²) >= 11 is 0. The molecule has 70 valence electrons. The highest BCUT2D eigenvalue weighted by atomic mass is 16.3. The number of aliphatic hydroxyl groups is 1. The molecular weight excluding hydrogens is 160 g/mol. The zero-order chi connectivity index (χ0) is 9.47. The van der Waals surface area contributed by atoms with E-state index in [1.807, 2.05) is 19.1 Å². The van der Waals surface area contributed by atoms with E-state index in [1.165, 1.54) is 5.56 Å². The van der Waals surface area contributed by atoms with Gasteiger partial charge >= 0.3 is 0 Å². The molecule has 0 fully saturated rings. The highest BCUT2D eigenvalue weighted by Gasteiger charge is 2.31. The van der Waals surface area contributed by atoms with Gasteiger partial charge in [0.25, 0.3) is 0 Å². The van der Waals surface area contributed by atoms with Gasteiger partial charge < -0.3 is 5.11 Å². The number of rotatable bonds is 0. The van der Waals surface area contributed by atoms with E-state index in [9.17, 15) is 5.11 Å². The van der Waals surface area contributed by atoms with Gasteiger partial charge in [-0.1, -0.05) is 31.2 Å². The normalized spacial score (nSPS) is 32.7. The van der Waals surface area contributed by atoms with Crippen LogP contribution in [0.4, 0.5) is 0 Å². The van der Waals surface area contributed by atoms with Gasteiger partial charge in [-0.25, -0.2) is 0 Å². The summed E-state index contributed by atoms with van der Waals surface area (Å²) in [5, 5.41) is 10.1. The van der Waals surface area contributed by atoms with Crippen LogP contribution in [0.3, 0.4) is 0 Å². The van der Waals surface area contributed by atoms with Gasteiger partial charge in [0, 0.05) is 0 Å². The van der Waals surface area contributed by atoms with E-state index in [2.05, 4.69) is 19.1 Å². The molecule has 1 aromatic carbocycles. The third-order valence-electron chi connectivity index (χ3n) is 3.14. The molecule has 1 heteroatoms. The molecular formula is C12H16O. The summed E-state index contributed by atoms with van der Waals surface area (Å²) in [5.41, 5.74) is 1.83. The third-order valence-corrected chi connectivity index (χ3v) is 3.14. The average Bonchev–Trinajstić information content (AvgIpc) is 2.13. The fourth-order valence-electron chi connectivity index (χ4n) is 2.20. The highest BCUT2D eigenvalue weighted by Crippen LogP contribution is 2.40. The second-order valence-corrected chi connectivity index (χ2v) is 4.30. The standard InChI is InChI=1S/C12H16O/c1-9-7-8-12(2,13)11-6-4-3-5-10(9)11/h3-6,9,13H,7-8H2,1-2H3/t9-,12+/m0/s1. The average molecular weight is 176 g/mol. The Hall–Kier alpha value is -0.820. The Kier molecular flexibility index (Phi) is 1.92. The number of benzene rings is 1. The van der Waals surface area contributed by atoms with Crippen LogP contribution in [0.1, 0.15) is 43.7 Å². The maximum absolute atomic E-state index is 10.1. The molecule has 1 nitrogen and oxygen atoms in total. The van der Waals surface area contributed by atoms with Crippen molar-refractivity contribution in [2.45, 2.75) is 38.2 Å². The Bertz CT molecular complexity index is 315. The second kappa shape index (κ2) is 2.85. The molecule has 1 aromatic rings. The van der Waals surface area contributed by atoms with Gasteiger partial charge in [0.05, 0.1) is 5.60 Å². The minimum atomic E-state index is -0.608. The van der Waals surface area contributed by atoms with Gasteiger partial charge in [-0.05, 0) is 36.8 Å². The predicted octanol–water partition coefficient (Wildman–Crippen LogP) is 2.79. The molecule has 0 aromatic heterocycles. The van der Waals surface area contributed by atoms with Gasteiger partial charge in [0.15, 0.2) is 0 Å². The molecule has 0 spiro atoms. The van der Waals surface area contributed by atoms with Crippen LogP contribution in [0, 0.1) is 0 Å². The first kappa shape index (κ1) is 8.76. The van der Waals surface area contributed by atoms with Crippen molar-refractivity contribution in [3.8, 4) is 0 Å². The van der Waals surface area contributed by atoms with E-state index in [-0.39, 0.29) is 0 Å². The lowest BCUT2D eigenvalue weighted by Gasteiger charge is -2.34. The zero-order valence-corrected chi connectivity index (χ0v) is 8.25. The summed E-state index contributed by atoms with van der Waals surface area (Å²) in [6.07, 6.45) is 1.97. The van der Waals surface area contributed by atoms with E-state index >= 15 is 0 Å². The van der Waals surface area contributed by atoms with Crippen molar-refractivity contribution in [1.82, 2.24) is 0 Å². The minimum absolute atomic E-state index is 0.594. The molecule has 0 amide bonds. The molecule has 0 radical (unpaired) electrons. The van der Waals surface area contributed by atoms with E-state index in [0.29, 0.717) is 5.92 Å². The van der Waals surface area contributed by atoms with Crippen LogP contribution in [0.15, 0.2) is 24.3 Å². The second-order valence-electron chi connectivity index (χ2n) is 4.30. The van der Waals surface area contributed by atoms with Gasteiger partial charge in [0.1, 0.15) is 0 Å². The van der Waals surface area contributed by atoms with Crippen LogP contribution in [-0.4, -0.2) is 5.11 Å². The quantitative estimate of drug-likeness (QED) is 0.644. The molecule has 13 heavy (non-hydrogen) atoms. The topological polar surface area (TPSA) is 20.2 Å². The van der Waals surface area contributed by atoms with Crippen LogP contribution < -0.4 is 0 Å². The Morgan fingerprint density at radius 1 is 1.38 bits per heavy atom. The van der Waals surface area contributed by atoms with Crippen LogP contribution in [-0.2, 0) is 5.60 Å². The summed E-state index contributed by atoms with van der Waals surface area (Å²) in [6.45, 7) is 4.14.